The van der Waals surface area contributed by atoms with Crippen LogP contribution in [0.4, 0.5) is 14.9 Å². The summed E-state index contributed by atoms with van der Waals surface area (Å²) >= 11 is 0. The van der Waals surface area contributed by atoms with E-state index in [0.717, 1.165) is 11.8 Å². The van der Waals surface area contributed by atoms with Crippen molar-refractivity contribution in [1.82, 2.24) is 28.9 Å². The molecule has 0 aliphatic carbocycles. The second-order valence-corrected chi connectivity index (χ2v) is 12.0. The number of imidazole rings is 1. The van der Waals surface area contributed by atoms with Crippen LogP contribution in [0.5, 0.6) is 0 Å². The van der Waals surface area contributed by atoms with Gasteiger partial charge in [-0.1, -0.05) is 26.8 Å². The molecule has 0 spiro atoms. The molecule has 12 nitrogen and oxygen atoms in total. The first-order valence-corrected chi connectivity index (χ1v) is 13.9. The lowest BCUT2D eigenvalue weighted by Gasteiger charge is -2.21. The first-order valence-electron chi connectivity index (χ1n) is 13.9. The molecule has 0 aliphatic rings. The number of hydrogen-bond acceptors (Lipinski definition) is 8. The minimum absolute atomic E-state index is 0.0199. The van der Waals surface area contributed by atoms with Crippen molar-refractivity contribution < 1.29 is 23.5 Å². The summed E-state index contributed by atoms with van der Waals surface area (Å²) in [5.74, 6) is -0.602. The molecule has 43 heavy (non-hydrogen) atoms. The zero-order valence-electron chi connectivity index (χ0n) is 25.8. The van der Waals surface area contributed by atoms with Crippen LogP contribution in [0.15, 0.2) is 47.2 Å². The minimum atomic E-state index is -1.24. The van der Waals surface area contributed by atoms with Gasteiger partial charge in [-0.05, 0) is 44.5 Å². The second kappa shape index (κ2) is 14.2. The highest BCUT2D eigenvalue weighted by molar-refractivity contribution is 5.95. The van der Waals surface area contributed by atoms with Crippen molar-refractivity contribution in [3.05, 3.63) is 64.4 Å². The van der Waals surface area contributed by atoms with Crippen molar-refractivity contribution in [2.24, 2.45) is 5.41 Å². The van der Waals surface area contributed by atoms with Gasteiger partial charge >= 0.3 is 6.09 Å². The van der Waals surface area contributed by atoms with E-state index in [1.165, 1.54) is 48.2 Å². The summed E-state index contributed by atoms with van der Waals surface area (Å²) in [4.78, 5) is 62.1. The Morgan fingerprint density at radius 2 is 1.91 bits per heavy atom. The van der Waals surface area contributed by atoms with E-state index in [9.17, 15) is 23.6 Å². The predicted octanol–water partition coefficient (Wildman–Crippen LogP) is 3.30. The zero-order valence-corrected chi connectivity index (χ0v) is 25.8. The van der Waals surface area contributed by atoms with Crippen molar-refractivity contribution in [3.63, 3.8) is 0 Å². The molecule has 3 rings (SSSR count). The maximum Gasteiger partial charge on any atom is 0.410 e. The summed E-state index contributed by atoms with van der Waals surface area (Å²) in [6.45, 7) is 7.20. The zero-order chi connectivity index (χ0) is 31.9. The summed E-state index contributed by atoms with van der Waals surface area (Å²) in [6, 6.07) is 4.38. The number of carbonyl (C=O) groups is 3. The Morgan fingerprint density at radius 3 is 2.53 bits per heavy atom. The van der Waals surface area contributed by atoms with E-state index in [-0.39, 0.29) is 30.5 Å². The maximum atomic E-state index is 13.9. The Balaban J connectivity index is 1.87. The van der Waals surface area contributed by atoms with Gasteiger partial charge in [-0.3, -0.25) is 19.0 Å². The Morgan fingerprint density at radius 1 is 1.19 bits per heavy atom. The fourth-order valence-corrected chi connectivity index (χ4v) is 4.34. The van der Waals surface area contributed by atoms with E-state index >= 15 is 0 Å². The monoisotopic (exact) mass is 597 g/mol. The molecule has 0 aliphatic heterocycles. The number of anilines is 1. The molecule has 0 unspecified atom stereocenters. The third kappa shape index (κ3) is 9.30. The largest absolute Gasteiger partial charge is 0.436 e. The number of allylic oxidation sites excluding steroid dienone is 1. The van der Waals surface area contributed by atoms with Crippen molar-refractivity contribution in [1.29, 1.82) is 0 Å². The van der Waals surface area contributed by atoms with E-state index < -0.39 is 29.5 Å². The van der Waals surface area contributed by atoms with E-state index in [2.05, 4.69) is 36.1 Å². The van der Waals surface area contributed by atoms with Gasteiger partial charge in [0.2, 0.25) is 0 Å². The summed E-state index contributed by atoms with van der Waals surface area (Å²) in [6.07, 6.45) is 3.37. The number of aromatic nitrogens is 4. The first kappa shape index (κ1) is 33.1. The van der Waals surface area contributed by atoms with Crippen LogP contribution in [-0.2, 0) is 27.4 Å². The number of rotatable bonds is 12. The Kier molecular flexibility index (Phi) is 10.9. The number of amides is 2. The number of halogens is 1. The number of ether oxygens (including phenoxy) is 1. The Hall–Kier alpha value is -4.39. The van der Waals surface area contributed by atoms with Crippen molar-refractivity contribution in [3.8, 4) is 0 Å². The van der Waals surface area contributed by atoms with Crippen LogP contribution >= 0.6 is 0 Å². The topological polar surface area (TPSA) is 132 Å². The van der Waals surface area contributed by atoms with Crippen LogP contribution in [0, 0.1) is 11.2 Å². The number of hydrogen-bond donors (Lipinski definition) is 1. The number of carbonyl (C=O) groups excluding carboxylic acids is 3. The van der Waals surface area contributed by atoms with Crippen LogP contribution in [-0.4, -0.2) is 88.0 Å². The fourth-order valence-electron chi connectivity index (χ4n) is 4.34. The molecule has 0 fully saturated rings. The smallest absolute Gasteiger partial charge is 0.410 e. The van der Waals surface area contributed by atoms with Gasteiger partial charge in [0.25, 0.3) is 11.5 Å². The highest BCUT2D eigenvalue weighted by atomic mass is 19.1. The van der Waals surface area contributed by atoms with E-state index in [4.69, 9.17) is 4.74 Å². The summed E-state index contributed by atoms with van der Waals surface area (Å²) in [5.41, 5.74) is 0.935. The number of benzene rings is 1. The molecule has 0 radical (unpaired) electrons. The van der Waals surface area contributed by atoms with Gasteiger partial charge in [0.1, 0.15) is 23.6 Å². The number of aldehydes is 1. The standard InChI is InChI=1S/C30H40FN7O5/c1-30(2,3)18-38-24-12-11-21(31)13-22(24)33-26(38)16-37-19-32-14-23(28(37)41)34-27(40)25(43-29(42)36(6)7)10-8-9-20(17-39)15-35(4)5/h9,11-14,17,19,25H,8,10,15-16,18H2,1-7H3,(H,34,40)/b20-9-/t25-/m0/s1. The van der Waals surface area contributed by atoms with Crippen LogP contribution in [0.25, 0.3) is 11.0 Å². The first-order chi connectivity index (χ1) is 20.2. The number of likely N-dealkylation sites (N-methyl/N-ethyl adjacent to an activating group) is 1. The van der Waals surface area contributed by atoms with Crippen LogP contribution < -0.4 is 10.9 Å². The average molecular weight is 598 g/mol. The lowest BCUT2D eigenvalue weighted by molar-refractivity contribution is -0.124. The van der Waals surface area contributed by atoms with Crippen molar-refractivity contribution >= 4 is 35.0 Å². The molecule has 1 aromatic carbocycles. The van der Waals surface area contributed by atoms with E-state index in [1.54, 1.807) is 12.1 Å². The fraction of sp³-hybridized carbons (Fsp3) is 0.467. The minimum Gasteiger partial charge on any atom is -0.436 e. The molecule has 2 amide bonds. The molecular formula is C30H40FN7O5. The molecule has 13 heteroatoms. The normalized spacial score (nSPS) is 12.8. The number of nitrogens with one attached hydrogen (secondary N) is 1. The maximum absolute atomic E-state index is 13.9. The Bertz CT molecular complexity index is 1550. The Labute approximate surface area is 250 Å². The van der Waals surface area contributed by atoms with Crippen LogP contribution in [0.1, 0.15) is 39.4 Å². The van der Waals surface area contributed by atoms with Gasteiger partial charge in [0, 0.05) is 38.8 Å². The number of nitrogens with zero attached hydrogens (tertiary/aromatic N) is 6. The van der Waals surface area contributed by atoms with E-state index in [0.29, 0.717) is 30.0 Å². The highest BCUT2D eigenvalue weighted by Gasteiger charge is 2.25. The van der Waals surface area contributed by atoms with Crippen LogP contribution in [0.2, 0.25) is 0 Å². The molecule has 3 aromatic rings. The van der Waals surface area contributed by atoms with Gasteiger partial charge in [-0.2, -0.15) is 0 Å². The average Bonchev–Trinajstić information content (AvgIpc) is 3.23. The highest BCUT2D eigenvalue weighted by Crippen LogP contribution is 2.24. The summed E-state index contributed by atoms with van der Waals surface area (Å²) in [7, 11) is 6.63. The molecule has 0 saturated heterocycles. The summed E-state index contributed by atoms with van der Waals surface area (Å²) in [5, 5.41) is 2.55. The molecule has 0 saturated carbocycles. The molecule has 232 valence electrons. The van der Waals surface area contributed by atoms with Gasteiger partial charge in [0.15, 0.2) is 6.10 Å². The lowest BCUT2D eigenvalue weighted by atomic mass is 9.96. The quantitative estimate of drug-likeness (QED) is 0.249. The van der Waals surface area contributed by atoms with Crippen LogP contribution in [0.3, 0.4) is 0 Å². The molecular weight excluding hydrogens is 557 g/mol. The third-order valence-electron chi connectivity index (χ3n) is 6.28. The van der Waals surface area contributed by atoms with Gasteiger partial charge in [0.05, 0.1) is 30.1 Å². The second-order valence-electron chi connectivity index (χ2n) is 12.0. The van der Waals surface area contributed by atoms with Crippen molar-refractivity contribution in [2.75, 3.05) is 40.1 Å². The van der Waals surface area contributed by atoms with Gasteiger partial charge in [-0.25, -0.2) is 19.2 Å². The molecule has 2 heterocycles. The molecule has 2 aromatic heterocycles. The SMILES string of the molecule is CN(C)C/C(C=O)=C/CC[C@H](OC(=O)N(C)C)C(=O)Nc1cncn(Cc2nc3cc(F)ccc3n2CC(C)(C)C)c1=O. The van der Waals surface area contributed by atoms with Gasteiger partial charge < -0.3 is 24.4 Å². The van der Waals surface area contributed by atoms with E-state index in [1.807, 2.05) is 23.6 Å². The molecule has 1 atom stereocenters. The molecule has 0 bridgehead atoms. The third-order valence-corrected chi connectivity index (χ3v) is 6.28. The lowest BCUT2D eigenvalue weighted by Crippen LogP contribution is -2.38. The van der Waals surface area contributed by atoms with Crippen molar-refractivity contribution in [2.45, 2.75) is 52.8 Å². The predicted molar refractivity (Wildman–Crippen MR) is 161 cm³/mol. The van der Waals surface area contributed by atoms with Gasteiger partial charge in [-0.15, -0.1) is 0 Å². The number of fused-ring (bicyclic) bond motifs is 1. The molecule has 1 N–H and O–H groups in total. The summed E-state index contributed by atoms with van der Waals surface area (Å²) < 4.78 is 22.6.